The molecule has 0 spiro atoms. The van der Waals surface area contributed by atoms with Crippen LogP contribution < -0.4 is 10.2 Å². The van der Waals surface area contributed by atoms with Gasteiger partial charge in [-0.15, -0.1) is 11.3 Å². The second-order valence-corrected chi connectivity index (χ2v) is 9.13. The number of piperazine rings is 1. The molecule has 2 aromatic rings. The number of benzene rings is 1. The number of hydrogen-bond acceptors (Lipinski definition) is 6. The fourth-order valence-corrected chi connectivity index (χ4v) is 4.72. The Morgan fingerprint density at radius 3 is 2.68 bits per heavy atom. The third-order valence-corrected chi connectivity index (χ3v) is 6.78. The minimum atomic E-state index is -0.515. The predicted molar refractivity (Wildman–Crippen MR) is 119 cm³/mol. The SMILES string of the molecule is CSCCC(NC(=O)c1ccccc1Br)C(=O)N1CCN(c2nccs2)CC1. The van der Waals surface area contributed by atoms with Crippen molar-refractivity contribution in [2.24, 2.45) is 0 Å². The van der Waals surface area contributed by atoms with Crippen molar-refractivity contribution >= 4 is 56.0 Å². The minimum absolute atomic E-state index is 0.00626. The molecule has 28 heavy (non-hydrogen) atoms. The fraction of sp³-hybridized carbons (Fsp3) is 0.421. The third-order valence-electron chi connectivity index (χ3n) is 4.61. The second-order valence-electron chi connectivity index (χ2n) is 6.41. The fourth-order valence-electron chi connectivity index (χ4n) is 3.09. The van der Waals surface area contributed by atoms with Crippen molar-refractivity contribution in [2.45, 2.75) is 12.5 Å². The number of hydrogen-bond donors (Lipinski definition) is 1. The molecular weight excluding hydrogens is 460 g/mol. The quantitative estimate of drug-likeness (QED) is 0.656. The lowest BCUT2D eigenvalue weighted by Crippen LogP contribution is -2.55. The van der Waals surface area contributed by atoms with Gasteiger partial charge in [-0.25, -0.2) is 4.98 Å². The molecule has 1 aromatic carbocycles. The van der Waals surface area contributed by atoms with E-state index in [9.17, 15) is 9.59 Å². The van der Waals surface area contributed by atoms with E-state index in [1.54, 1.807) is 35.4 Å². The summed E-state index contributed by atoms with van der Waals surface area (Å²) in [7, 11) is 0. The van der Waals surface area contributed by atoms with Gasteiger partial charge in [0.25, 0.3) is 5.91 Å². The number of amides is 2. The maximum absolute atomic E-state index is 13.1. The zero-order chi connectivity index (χ0) is 19.9. The van der Waals surface area contributed by atoms with E-state index in [0.717, 1.165) is 28.4 Å². The summed E-state index contributed by atoms with van der Waals surface area (Å²) in [5.41, 5.74) is 0.540. The van der Waals surface area contributed by atoms with Crippen LogP contribution in [0.4, 0.5) is 5.13 Å². The van der Waals surface area contributed by atoms with Crippen molar-refractivity contribution in [3.8, 4) is 0 Å². The molecule has 1 aliphatic rings. The highest BCUT2D eigenvalue weighted by Crippen LogP contribution is 2.20. The van der Waals surface area contributed by atoms with Crippen molar-refractivity contribution in [2.75, 3.05) is 43.1 Å². The standard InChI is InChI=1S/C19H23BrN4O2S2/c1-27-12-6-16(22-17(25)14-4-2-3-5-15(14)20)18(26)23-8-10-24(11-9-23)19-21-7-13-28-19/h2-5,7,13,16H,6,8-12H2,1H3,(H,22,25). The number of rotatable bonds is 7. The van der Waals surface area contributed by atoms with Crippen LogP contribution in [0.3, 0.4) is 0 Å². The lowest BCUT2D eigenvalue weighted by molar-refractivity contribution is -0.133. The van der Waals surface area contributed by atoms with Crippen LogP contribution in [0.5, 0.6) is 0 Å². The van der Waals surface area contributed by atoms with Crippen molar-refractivity contribution in [1.82, 2.24) is 15.2 Å². The third kappa shape index (κ3) is 5.27. The Bertz CT molecular complexity index is 795. The Balaban J connectivity index is 1.63. The van der Waals surface area contributed by atoms with Crippen molar-refractivity contribution in [3.63, 3.8) is 0 Å². The van der Waals surface area contributed by atoms with Crippen LogP contribution in [0.2, 0.25) is 0 Å². The first kappa shape index (κ1) is 21.1. The van der Waals surface area contributed by atoms with Gasteiger partial charge in [0.1, 0.15) is 6.04 Å². The summed E-state index contributed by atoms with van der Waals surface area (Å²) >= 11 is 6.69. The first-order chi connectivity index (χ1) is 13.6. The van der Waals surface area contributed by atoms with E-state index in [0.29, 0.717) is 25.1 Å². The summed E-state index contributed by atoms with van der Waals surface area (Å²) < 4.78 is 0.723. The lowest BCUT2D eigenvalue weighted by Gasteiger charge is -2.36. The normalized spacial score (nSPS) is 15.4. The van der Waals surface area contributed by atoms with Gasteiger partial charge in [0.05, 0.1) is 5.56 Å². The number of thioether (sulfide) groups is 1. The van der Waals surface area contributed by atoms with E-state index >= 15 is 0 Å². The van der Waals surface area contributed by atoms with Gasteiger partial charge < -0.3 is 15.1 Å². The Morgan fingerprint density at radius 1 is 1.29 bits per heavy atom. The van der Waals surface area contributed by atoms with Crippen LogP contribution in [-0.2, 0) is 4.79 Å². The van der Waals surface area contributed by atoms with Gasteiger partial charge in [-0.3, -0.25) is 9.59 Å². The first-order valence-corrected chi connectivity index (χ1v) is 12.1. The summed E-state index contributed by atoms with van der Waals surface area (Å²) in [6.45, 7) is 2.79. The van der Waals surface area contributed by atoms with Crippen molar-refractivity contribution < 1.29 is 9.59 Å². The molecule has 150 valence electrons. The van der Waals surface area contributed by atoms with Crippen LogP contribution >= 0.6 is 39.0 Å². The zero-order valence-corrected chi connectivity index (χ0v) is 18.9. The van der Waals surface area contributed by atoms with Crippen LogP contribution in [0, 0.1) is 0 Å². The molecule has 1 aliphatic heterocycles. The Morgan fingerprint density at radius 2 is 2.04 bits per heavy atom. The van der Waals surface area contributed by atoms with Gasteiger partial charge >= 0.3 is 0 Å². The molecule has 1 unspecified atom stereocenters. The number of thiazole rings is 1. The Kier molecular flexibility index (Phi) is 7.75. The van der Waals surface area contributed by atoms with E-state index in [4.69, 9.17) is 0 Å². The van der Waals surface area contributed by atoms with Gasteiger partial charge in [-0.1, -0.05) is 12.1 Å². The average Bonchev–Trinajstić information content (AvgIpc) is 3.26. The molecule has 0 radical (unpaired) electrons. The number of nitrogens with zero attached hydrogens (tertiary/aromatic N) is 3. The number of carbonyl (C=O) groups excluding carboxylic acids is 2. The van der Waals surface area contributed by atoms with Crippen LogP contribution in [-0.4, -0.2) is 65.9 Å². The summed E-state index contributed by atoms with van der Waals surface area (Å²) in [5, 5.41) is 5.90. The molecule has 2 amide bonds. The van der Waals surface area contributed by atoms with E-state index in [-0.39, 0.29) is 11.8 Å². The number of nitrogens with one attached hydrogen (secondary N) is 1. The van der Waals surface area contributed by atoms with Crippen LogP contribution in [0.15, 0.2) is 40.3 Å². The second kappa shape index (κ2) is 10.3. The molecule has 1 aromatic heterocycles. The lowest BCUT2D eigenvalue weighted by atomic mass is 10.1. The Labute approximate surface area is 181 Å². The van der Waals surface area contributed by atoms with Gasteiger partial charge in [-0.05, 0) is 46.5 Å². The van der Waals surface area contributed by atoms with Gasteiger partial charge in [0.2, 0.25) is 5.91 Å². The van der Waals surface area contributed by atoms with Crippen LogP contribution in [0.1, 0.15) is 16.8 Å². The average molecular weight is 483 g/mol. The number of halogens is 1. The zero-order valence-electron chi connectivity index (χ0n) is 15.6. The molecule has 9 heteroatoms. The smallest absolute Gasteiger partial charge is 0.253 e. The highest BCUT2D eigenvalue weighted by Gasteiger charge is 2.29. The maximum Gasteiger partial charge on any atom is 0.253 e. The maximum atomic E-state index is 13.1. The molecule has 0 bridgehead atoms. The molecule has 1 saturated heterocycles. The summed E-state index contributed by atoms with van der Waals surface area (Å²) in [5.74, 6) is 0.577. The monoisotopic (exact) mass is 482 g/mol. The van der Waals surface area contributed by atoms with Crippen molar-refractivity contribution in [1.29, 1.82) is 0 Å². The minimum Gasteiger partial charge on any atom is -0.345 e. The van der Waals surface area contributed by atoms with Gasteiger partial charge in [0.15, 0.2) is 5.13 Å². The van der Waals surface area contributed by atoms with E-state index in [2.05, 4.69) is 31.1 Å². The van der Waals surface area contributed by atoms with Crippen LogP contribution in [0.25, 0.3) is 0 Å². The molecule has 2 heterocycles. The van der Waals surface area contributed by atoms with Gasteiger partial charge in [0, 0.05) is 42.2 Å². The largest absolute Gasteiger partial charge is 0.345 e. The molecule has 0 saturated carbocycles. The van der Waals surface area contributed by atoms with E-state index < -0.39 is 6.04 Å². The van der Waals surface area contributed by atoms with Gasteiger partial charge in [-0.2, -0.15) is 11.8 Å². The summed E-state index contributed by atoms with van der Waals surface area (Å²) in [6.07, 6.45) is 4.42. The number of carbonyl (C=O) groups is 2. The molecular formula is C19H23BrN4O2S2. The highest BCUT2D eigenvalue weighted by atomic mass is 79.9. The first-order valence-electron chi connectivity index (χ1n) is 9.07. The Hall–Kier alpha value is -1.58. The van der Waals surface area contributed by atoms with E-state index in [1.807, 2.05) is 34.7 Å². The number of anilines is 1. The summed E-state index contributed by atoms with van der Waals surface area (Å²) in [6, 6.07) is 6.74. The molecule has 6 nitrogen and oxygen atoms in total. The molecule has 3 rings (SSSR count). The molecule has 1 N–H and O–H groups in total. The molecule has 1 fully saturated rings. The summed E-state index contributed by atoms with van der Waals surface area (Å²) in [4.78, 5) is 34.2. The molecule has 1 atom stereocenters. The van der Waals surface area contributed by atoms with E-state index in [1.165, 1.54) is 0 Å². The van der Waals surface area contributed by atoms with Crippen molar-refractivity contribution in [3.05, 3.63) is 45.9 Å². The highest BCUT2D eigenvalue weighted by molar-refractivity contribution is 9.10. The molecule has 0 aliphatic carbocycles. The predicted octanol–water partition coefficient (Wildman–Crippen LogP) is 3.11. The topological polar surface area (TPSA) is 65.5 Å². The number of aromatic nitrogens is 1.